The third kappa shape index (κ3) is 4.90. The average molecular weight is 401 g/mol. The zero-order chi connectivity index (χ0) is 20.2. The summed E-state index contributed by atoms with van der Waals surface area (Å²) in [5.74, 6) is 0.771. The fourth-order valence-electron chi connectivity index (χ4n) is 4.30. The Balaban J connectivity index is 1.19. The predicted octanol–water partition coefficient (Wildman–Crippen LogP) is 1.33. The minimum atomic E-state index is -0.160. The molecule has 2 aliphatic heterocycles. The van der Waals surface area contributed by atoms with Crippen molar-refractivity contribution in [3.63, 3.8) is 0 Å². The number of anilines is 1. The lowest BCUT2D eigenvalue weighted by Gasteiger charge is -2.36. The molecule has 3 aliphatic rings. The standard InChI is InChI=1S/C22H32N4O3/c1-29-20-6-3-2-5-19(20)25-13-11-24(12-14-25)9-4-10-26-21(27)15-17(22(26)28)16-23-18-7-8-18/h2-3,5-6,17-18,23H,4,7-16H2,1H3. The highest BCUT2D eigenvalue weighted by Gasteiger charge is 2.38. The van der Waals surface area contributed by atoms with Crippen LogP contribution in [-0.4, -0.2) is 80.6 Å². The third-order valence-corrected chi connectivity index (χ3v) is 6.22. The number of amides is 2. The van der Waals surface area contributed by atoms with Gasteiger partial charge < -0.3 is 15.0 Å². The van der Waals surface area contributed by atoms with Crippen LogP contribution in [0.5, 0.6) is 5.75 Å². The van der Waals surface area contributed by atoms with Crippen LogP contribution in [0.4, 0.5) is 5.69 Å². The van der Waals surface area contributed by atoms with Crippen LogP contribution in [0.2, 0.25) is 0 Å². The highest BCUT2D eigenvalue weighted by atomic mass is 16.5. The lowest BCUT2D eigenvalue weighted by atomic mass is 10.1. The Morgan fingerprint density at radius 2 is 1.83 bits per heavy atom. The van der Waals surface area contributed by atoms with Crippen LogP contribution in [0.3, 0.4) is 0 Å². The van der Waals surface area contributed by atoms with Crippen molar-refractivity contribution in [3.05, 3.63) is 24.3 Å². The highest BCUT2D eigenvalue weighted by molar-refractivity contribution is 6.03. The van der Waals surface area contributed by atoms with Gasteiger partial charge >= 0.3 is 0 Å². The fourth-order valence-corrected chi connectivity index (χ4v) is 4.30. The summed E-state index contributed by atoms with van der Waals surface area (Å²) in [6.45, 7) is 5.98. The number of hydrogen-bond acceptors (Lipinski definition) is 6. The van der Waals surface area contributed by atoms with Gasteiger partial charge in [0.1, 0.15) is 5.75 Å². The molecule has 3 fully saturated rings. The normalized spacial score (nSPS) is 23.1. The SMILES string of the molecule is COc1ccccc1N1CCN(CCCN2C(=O)CC(CNC3CC3)C2=O)CC1. The van der Waals surface area contributed by atoms with Gasteiger partial charge in [-0.25, -0.2) is 0 Å². The number of rotatable bonds is 9. The Hall–Kier alpha value is -2.12. The molecule has 29 heavy (non-hydrogen) atoms. The number of ether oxygens (including phenoxy) is 1. The topological polar surface area (TPSA) is 65.1 Å². The first-order valence-corrected chi connectivity index (χ1v) is 10.8. The number of nitrogens with one attached hydrogen (secondary N) is 1. The highest BCUT2D eigenvalue weighted by Crippen LogP contribution is 2.28. The number of imide groups is 1. The summed E-state index contributed by atoms with van der Waals surface area (Å²) < 4.78 is 5.48. The van der Waals surface area contributed by atoms with E-state index >= 15 is 0 Å². The smallest absolute Gasteiger partial charge is 0.234 e. The number of piperazine rings is 1. The summed E-state index contributed by atoms with van der Waals surface area (Å²) in [6, 6.07) is 8.71. The quantitative estimate of drug-likeness (QED) is 0.631. The predicted molar refractivity (Wildman–Crippen MR) is 112 cm³/mol. The molecule has 1 aromatic rings. The molecule has 0 bridgehead atoms. The summed E-state index contributed by atoms with van der Waals surface area (Å²) in [4.78, 5) is 31.0. The molecule has 2 heterocycles. The van der Waals surface area contributed by atoms with E-state index in [1.807, 2.05) is 18.2 Å². The van der Waals surface area contributed by atoms with E-state index in [9.17, 15) is 9.59 Å². The van der Waals surface area contributed by atoms with Crippen molar-refractivity contribution in [1.29, 1.82) is 0 Å². The van der Waals surface area contributed by atoms with Crippen LogP contribution < -0.4 is 15.0 Å². The maximum Gasteiger partial charge on any atom is 0.234 e. The van der Waals surface area contributed by atoms with Crippen LogP contribution in [0.1, 0.15) is 25.7 Å². The maximum absolute atomic E-state index is 12.5. The second-order valence-corrected chi connectivity index (χ2v) is 8.32. The number of nitrogens with zero attached hydrogens (tertiary/aromatic N) is 3. The van der Waals surface area contributed by atoms with Crippen molar-refractivity contribution in [3.8, 4) is 5.75 Å². The van der Waals surface area contributed by atoms with E-state index in [4.69, 9.17) is 4.74 Å². The van der Waals surface area contributed by atoms with Gasteiger partial charge in [-0.05, 0) is 37.9 Å². The first kappa shape index (κ1) is 20.2. The molecule has 1 saturated carbocycles. The third-order valence-electron chi connectivity index (χ3n) is 6.22. The van der Waals surface area contributed by atoms with Gasteiger partial charge in [0.05, 0.1) is 18.7 Å². The average Bonchev–Trinajstić information content (AvgIpc) is 3.54. The molecule has 7 nitrogen and oxygen atoms in total. The van der Waals surface area contributed by atoms with Gasteiger partial charge in [0.2, 0.25) is 11.8 Å². The van der Waals surface area contributed by atoms with Gasteiger partial charge in [0.15, 0.2) is 0 Å². The van der Waals surface area contributed by atoms with Crippen LogP contribution >= 0.6 is 0 Å². The first-order chi connectivity index (χ1) is 14.2. The second-order valence-electron chi connectivity index (χ2n) is 8.32. The number of benzene rings is 1. The van der Waals surface area contributed by atoms with Gasteiger partial charge in [-0.15, -0.1) is 0 Å². The zero-order valence-electron chi connectivity index (χ0n) is 17.3. The molecular weight excluding hydrogens is 368 g/mol. The van der Waals surface area contributed by atoms with Crippen molar-refractivity contribution in [2.24, 2.45) is 5.92 Å². The molecule has 1 unspecified atom stereocenters. The summed E-state index contributed by atoms with van der Waals surface area (Å²) in [7, 11) is 1.71. The molecule has 0 aromatic heterocycles. The van der Waals surface area contributed by atoms with Crippen LogP contribution in [-0.2, 0) is 9.59 Å². The Bertz CT molecular complexity index is 729. The maximum atomic E-state index is 12.5. The number of methoxy groups -OCH3 is 1. The fraction of sp³-hybridized carbons (Fsp3) is 0.636. The van der Waals surface area contributed by atoms with Gasteiger partial charge in [-0.2, -0.15) is 0 Å². The molecular formula is C22H32N4O3. The molecule has 0 spiro atoms. The largest absolute Gasteiger partial charge is 0.495 e. The van der Waals surface area contributed by atoms with Crippen molar-refractivity contribution < 1.29 is 14.3 Å². The molecule has 1 aromatic carbocycles. The van der Waals surface area contributed by atoms with Crippen molar-refractivity contribution in [2.45, 2.75) is 31.7 Å². The van der Waals surface area contributed by atoms with E-state index in [-0.39, 0.29) is 17.7 Å². The molecule has 158 valence electrons. The van der Waals surface area contributed by atoms with Gasteiger partial charge in [0, 0.05) is 51.7 Å². The Kier molecular flexibility index (Phi) is 6.35. The minimum Gasteiger partial charge on any atom is -0.495 e. The van der Waals surface area contributed by atoms with Gasteiger partial charge in [0.25, 0.3) is 0 Å². The number of carbonyl (C=O) groups is 2. The van der Waals surface area contributed by atoms with E-state index in [0.717, 1.165) is 50.6 Å². The van der Waals surface area contributed by atoms with E-state index in [0.29, 0.717) is 25.6 Å². The summed E-state index contributed by atoms with van der Waals surface area (Å²) in [5.41, 5.74) is 1.15. The first-order valence-electron chi connectivity index (χ1n) is 10.8. The van der Waals surface area contributed by atoms with Crippen LogP contribution in [0.25, 0.3) is 0 Å². The van der Waals surface area contributed by atoms with Gasteiger partial charge in [-0.3, -0.25) is 19.4 Å². The summed E-state index contributed by atoms with van der Waals surface area (Å²) in [5, 5.41) is 3.38. The molecule has 0 radical (unpaired) electrons. The molecule has 2 amide bonds. The summed E-state index contributed by atoms with van der Waals surface area (Å²) >= 11 is 0. The Morgan fingerprint density at radius 3 is 2.55 bits per heavy atom. The van der Waals surface area contributed by atoms with Crippen molar-refractivity contribution in [1.82, 2.24) is 15.1 Å². The molecule has 4 rings (SSSR count). The molecule has 1 atom stereocenters. The van der Waals surface area contributed by atoms with Crippen molar-refractivity contribution >= 4 is 17.5 Å². The van der Waals surface area contributed by atoms with E-state index in [1.165, 1.54) is 17.7 Å². The van der Waals surface area contributed by atoms with E-state index in [2.05, 4.69) is 21.2 Å². The number of para-hydroxylation sites is 2. The minimum absolute atomic E-state index is 0.00131. The number of carbonyl (C=O) groups excluding carboxylic acids is 2. The lowest BCUT2D eigenvalue weighted by Crippen LogP contribution is -2.47. The second kappa shape index (κ2) is 9.13. The summed E-state index contributed by atoms with van der Waals surface area (Å²) in [6.07, 6.45) is 3.61. The molecule has 7 heteroatoms. The lowest BCUT2D eigenvalue weighted by molar-refractivity contribution is -0.139. The zero-order valence-corrected chi connectivity index (χ0v) is 17.3. The Labute approximate surface area is 173 Å². The number of likely N-dealkylation sites (tertiary alicyclic amines) is 1. The van der Waals surface area contributed by atoms with E-state index < -0.39 is 0 Å². The van der Waals surface area contributed by atoms with Crippen LogP contribution in [0, 0.1) is 5.92 Å². The molecule has 1 N–H and O–H groups in total. The monoisotopic (exact) mass is 400 g/mol. The van der Waals surface area contributed by atoms with Crippen molar-refractivity contribution in [2.75, 3.05) is 57.8 Å². The Morgan fingerprint density at radius 1 is 1.07 bits per heavy atom. The van der Waals surface area contributed by atoms with Crippen LogP contribution in [0.15, 0.2) is 24.3 Å². The molecule has 2 saturated heterocycles. The molecule has 1 aliphatic carbocycles. The van der Waals surface area contributed by atoms with Gasteiger partial charge in [-0.1, -0.05) is 12.1 Å². The van der Waals surface area contributed by atoms with E-state index in [1.54, 1.807) is 7.11 Å². The number of hydrogen-bond donors (Lipinski definition) is 1.